The molecule has 0 amide bonds. The van der Waals surface area contributed by atoms with Gasteiger partial charge in [0.25, 0.3) is 0 Å². The van der Waals surface area contributed by atoms with Crippen LogP contribution >= 0.6 is 0 Å². The molecule has 0 aromatic carbocycles. The number of fused-ring (bicyclic) bond motifs is 2. The summed E-state index contributed by atoms with van der Waals surface area (Å²) in [5, 5.41) is 9.22. The van der Waals surface area contributed by atoms with Crippen LogP contribution in [-0.4, -0.2) is 34.6 Å². The number of nitrogens with zero attached hydrogens (tertiary/aromatic N) is 1. The van der Waals surface area contributed by atoms with Crippen LogP contribution in [0.2, 0.25) is 0 Å². The Morgan fingerprint density at radius 2 is 2.25 bits per heavy atom. The van der Waals surface area contributed by atoms with Crippen LogP contribution in [0.1, 0.15) is 40.0 Å². The largest absolute Gasteiger partial charge is 0.478 e. The minimum atomic E-state index is -0.825. The third kappa shape index (κ3) is 2.05. The molecule has 1 fully saturated rings. The first-order chi connectivity index (χ1) is 9.43. The minimum Gasteiger partial charge on any atom is -0.478 e. The molecule has 0 radical (unpaired) electrons. The van der Waals surface area contributed by atoms with Gasteiger partial charge in [-0.3, -0.25) is 4.90 Å². The van der Waals surface area contributed by atoms with E-state index in [1.54, 1.807) is 6.08 Å². The summed E-state index contributed by atoms with van der Waals surface area (Å²) in [6.07, 6.45) is 9.28. The van der Waals surface area contributed by atoms with E-state index in [2.05, 4.69) is 31.7 Å². The van der Waals surface area contributed by atoms with Gasteiger partial charge >= 0.3 is 5.97 Å². The maximum Gasteiger partial charge on any atom is 0.335 e. The second kappa shape index (κ2) is 4.59. The molecule has 1 saturated carbocycles. The molecule has 3 rings (SSSR count). The van der Waals surface area contributed by atoms with E-state index in [-0.39, 0.29) is 6.04 Å². The van der Waals surface area contributed by atoms with Crippen LogP contribution in [0.25, 0.3) is 0 Å². The van der Waals surface area contributed by atoms with Gasteiger partial charge < -0.3 is 5.11 Å². The molecular formula is C17H23NO2. The van der Waals surface area contributed by atoms with E-state index in [0.29, 0.717) is 17.0 Å². The predicted molar refractivity (Wildman–Crippen MR) is 79.5 cm³/mol. The summed E-state index contributed by atoms with van der Waals surface area (Å²) in [4.78, 5) is 13.7. The lowest BCUT2D eigenvalue weighted by Gasteiger charge is -2.38. The standard InChI is InChI=1S/C17H23NO2/c1-4-18-14-6-5-11(16(19)20)9-12(14)13-10-17(2,3)8-7-15(13)18/h5-6,9,14-15H,4,7-8,10H2,1-3H3,(H,19,20). The summed E-state index contributed by atoms with van der Waals surface area (Å²) in [5.41, 5.74) is 3.50. The summed E-state index contributed by atoms with van der Waals surface area (Å²) < 4.78 is 0. The van der Waals surface area contributed by atoms with Gasteiger partial charge in [-0.2, -0.15) is 0 Å². The molecule has 3 nitrogen and oxygen atoms in total. The lowest BCUT2D eigenvalue weighted by molar-refractivity contribution is -0.132. The fourth-order valence-electron chi connectivity index (χ4n) is 4.00. The summed E-state index contributed by atoms with van der Waals surface area (Å²) in [7, 11) is 0. The summed E-state index contributed by atoms with van der Waals surface area (Å²) >= 11 is 0. The maximum absolute atomic E-state index is 11.2. The average molecular weight is 273 g/mol. The quantitative estimate of drug-likeness (QED) is 0.840. The maximum atomic E-state index is 11.2. The molecular weight excluding hydrogens is 250 g/mol. The number of carboxylic acid groups (broad SMARTS) is 1. The molecule has 2 aliphatic carbocycles. The second-order valence-electron chi connectivity index (χ2n) is 6.92. The number of aliphatic carboxylic acids is 1. The van der Waals surface area contributed by atoms with Gasteiger partial charge in [-0.1, -0.05) is 26.8 Å². The summed E-state index contributed by atoms with van der Waals surface area (Å²) in [6.45, 7) is 7.86. The molecule has 0 bridgehead atoms. The molecule has 1 heterocycles. The van der Waals surface area contributed by atoms with Gasteiger partial charge in [0.2, 0.25) is 0 Å². The monoisotopic (exact) mass is 273 g/mol. The zero-order valence-electron chi connectivity index (χ0n) is 12.5. The molecule has 3 heteroatoms. The van der Waals surface area contributed by atoms with Crippen molar-refractivity contribution in [1.29, 1.82) is 0 Å². The second-order valence-corrected chi connectivity index (χ2v) is 6.92. The number of carboxylic acids is 1. The molecule has 0 spiro atoms. The van der Waals surface area contributed by atoms with E-state index in [1.165, 1.54) is 24.0 Å². The zero-order chi connectivity index (χ0) is 14.5. The van der Waals surface area contributed by atoms with Crippen LogP contribution in [0.3, 0.4) is 0 Å². The van der Waals surface area contributed by atoms with E-state index >= 15 is 0 Å². The Hall–Kier alpha value is -1.35. The van der Waals surface area contributed by atoms with Gasteiger partial charge in [0.1, 0.15) is 0 Å². The lowest BCUT2D eigenvalue weighted by Crippen LogP contribution is -2.40. The predicted octanol–water partition coefficient (Wildman–Crippen LogP) is 3.15. The first kappa shape index (κ1) is 13.6. The number of rotatable bonds is 2. The molecule has 3 aliphatic rings. The van der Waals surface area contributed by atoms with Crippen LogP contribution in [0.15, 0.2) is 34.9 Å². The number of likely N-dealkylation sites (N-methyl/N-ethyl adjacent to an activating group) is 1. The Labute approximate surface area is 120 Å². The van der Waals surface area contributed by atoms with Gasteiger partial charge in [-0.05, 0) is 54.5 Å². The van der Waals surface area contributed by atoms with E-state index in [9.17, 15) is 9.90 Å². The molecule has 2 atom stereocenters. The van der Waals surface area contributed by atoms with Crippen LogP contribution in [0.4, 0.5) is 0 Å². The molecule has 1 N–H and O–H groups in total. The Morgan fingerprint density at radius 3 is 2.90 bits per heavy atom. The number of carbonyl (C=O) groups is 1. The topological polar surface area (TPSA) is 40.5 Å². The van der Waals surface area contributed by atoms with Crippen LogP contribution in [0.5, 0.6) is 0 Å². The van der Waals surface area contributed by atoms with Crippen molar-refractivity contribution >= 4 is 5.97 Å². The summed E-state index contributed by atoms with van der Waals surface area (Å²) in [5.74, 6) is -0.825. The molecule has 20 heavy (non-hydrogen) atoms. The molecule has 0 saturated heterocycles. The highest BCUT2D eigenvalue weighted by Crippen LogP contribution is 2.48. The van der Waals surface area contributed by atoms with Crippen LogP contribution in [0, 0.1) is 5.41 Å². The first-order valence-corrected chi connectivity index (χ1v) is 7.55. The van der Waals surface area contributed by atoms with E-state index in [4.69, 9.17) is 0 Å². The Kier molecular flexibility index (Phi) is 3.13. The van der Waals surface area contributed by atoms with Gasteiger partial charge in [0.15, 0.2) is 0 Å². The van der Waals surface area contributed by atoms with Crippen molar-refractivity contribution in [3.8, 4) is 0 Å². The third-order valence-electron chi connectivity index (χ3n) is 4.99. The SMILES string of the molecule is CCN1C2C=CC(C(=O)O)=CC2=C2CC(C)(C)CCC21. The highest BCUT2D eigenvalue weighted by atomic mass is 16.4. The molecule has 2 unspecified atom stereocenters. The first-order valence-electron chi connectivity index (χ1n) is 7.55. The van der Waals surface area contributed by atoms with E-state index < -0.39 is 5.97 Å². The fraction of sp³-hybridized carbons (Fsp3) is 0.588. The van der Waals surface area contributed by atoms with E-state index in [0.717, 1.165) is 13.0 Å². The summed E-state index contributed by atoms with van der Waals surface area (Å²) in [6, 6.07) is 0.805. The molecule has 0 aromatic heterocycles. The van der Waals surface area contributed by atoms with Gasteiger partial charge in [0, 0.05) is 6.04 Å². The zero-order valence-corrected chi connectivity index (χ0v) is 12.5. The molecule has 0 aromatic rings. The van der Waals surface area contributed by atoms with Crippen molar-refractivity contribution in [2.24, 2.45) is 5.41 Å². The van der Waals surface area contributed by atoms with Crippen molar-refractivity contribution in [1.82, 2.24) is 4.90 Å². The highest BCUT2D eigenvalue weighted by molar-refractivity contribution is 5.91. The van der Waals surface area contributed by atoms with E-state index in [1.807, 2.05) is 6.08 Å². The van der Waals surface area contributed by atoms with Crippen LogP contribution in [-0.2, 0) is 4.79 Å². The number of hydrogen-bond donors (Lipinski definition) is 1. The smallest absolute Gasteiger partial charge is 0.335 e. The van der Waals surface area contributed by atoms with Crippen molar-refractivity contribution < 1.29 is 9.90 Å². The Bertz CT molecular complexity index is 539. The Balaban J connectivity index is 2.04. The lowest BCUT2D eigenvalue weighted by atomic mass is 9.72. The highest BCUT2D eigenvalue weighted by Gasteiger charge is 2.43. The molecule has 108 valence electrons. The van der Waals surface area contributed by atoms with Gasteiger partial charge in [-0.25, -0.2) is 4.79 Å². The Morgan fingerprint density at radius 1 is 1.50 bits per heavy atom. The van der Waals surface area contributed by atoms with Crippen molar-refractivity contribution in [3.63, 3.8) is 0 Å². The third-order valence-corrected chi connectivity index (χ3v) is 4.99. The van der Waals surface area contributed by atoms with Crippen molar-refractivity contribution in [2.75, 3.05) is 6.54 Å². The fourth-order valence-corrected chi connectivity index (χ4v) is 4.00. The molecule has 1 aliphatic heterocycles. The normalized spacial score (nSPS) is 31.9. The van der Waals surface area contributed by atoms with Crippen molar-refractivity contribution in [2.45, 2.75) is 52.1 Å². The van der Waals surface area contributed by atoms with Crippen LogP contribution < -0.4 is 0 Å². The minimum absolute atomic E-state index is 0.289. The number of hydrogen-bond acceptors (Lipinski definition) is 2. The average Bonchev–Trinajstić information content (AvgIpc) is 2.69. The van der Waals surface area contributed by atoms with Gasteiger partial charge in [0.05, 0.1) is 11.6 Å². The van der Waals surface area contributed by atoms with Gasteiger partial charge in [-0.15, -0.1) is 0 Å². The van der Waals surface area contributed by atoms with Crippen molar-refractivity contribution in [3.05, 3.63) is 34.9 Å².